The highest BCUT2D eigenvalue weighted by Gasteiger charge is 2.15. The molecule has 2 aromatic rings. The van der Waals surface area contributed by atoms with E-state index in [1.54, 1.807) is 24.3 Å². The lowest BCUT2D eigenvalue weighted by Crippen LogP contribution is -2.13. The lowest BCUT2D eigenvalue weighted by Gasteiger charge is -2.09. The van der Waals surface area contributed by atoms with Gasteiger partial charge >= 0.3 is 5.97 Å². The number of primary sulfonamides is 1. The zero-order valence-electron chi connectivity index (χ0n) is 10.7. The SMILES string of the molecule is Cc1ccc(S(N)(=O)=O)c(-c2ccc(C(=O)O)cc2)c1. The fourth-order valence-corrected chi connectivity index (χ4v) is 2.65. The average molecular weight is 291 g/mol. The maximum absolute atomic E-state index is 11.6. The molecular formula is C14H13NO4S. The van der Waals surface area contributed by atoms with Gasteiger partial charge in [-0.15, -0.1) is 0 Å². The van der Waals surface area contributed by atoms with Crippen molar-refractivity contribution in [2.75, 3.05) is 0 Å². The van der Waals surface area contributed by atoms with Crippen molar-refractivity contribution in [1.29, 1.82) is 0 Å². The van der Waals surface area contributed by atoms with Crippen LogP contribution in [0.4, 0.5) is 0 Å². The summed E-state index contributed by atoms with van der Waals surface area (Å²) in [5, 5.41) is 14.1. The van der Waals surface area contributed by atoms with Crippen molar-refractivity contribution >= 4 is 16.0 Å². The molecule has 0 radical (unpaired) electrons. The molecule has 0 saturated carbocycles. The van der Waals surface area contributed by atoms with Gasteiger partial charge in [-0.25, -0.2) is 18.4 Å². The summed E-state index contributed by atoms with van der Waals surface area (Å²) < 4.78 is 23.2. The molecule has 2 aromatic carbocycles. The third-order valence-corrected chi connectivity index (χ3v) is 3.85. The minimum absolute atomic E-state index is 0.0196. The normalized spacial score (nSPS) is 11.3. The fourth-order valence-electron chi connectivity index (χ4n) is 1.91. The molecule has 0 aliphatic rings. The van der Waals surface area contributed by atoms with E-state index in [1.807, 2.05) is 6.92 Å². The van der Waals surface area contributed by atoms with E-state index in [9.17, 15) is 13.2 Å². The van der Waals surface area contributed by atoms with Crippen molar-refractivity contribution in [2.24, 2.45) is 5.14 Å². The van der Waals surface area contributed by atoms with Crippen LogP contribution < -0.4 is 5.14 Å². The quantitative estimate of drug-likeness (QED) is 0.903. The lowest BCUT2D eigenvalue weighted by molar-refractivity contribution is 0.0697. The Hall–Kier alpha value is -2.18. The summed E-state index contributed by atoms with van der Waals surface area (Å²) >= 11 is 0. The molecule has 0 aliphatic carbocycles. The topological polar surface area (TPSA) is 97.5 Å². The summed E-state index contributed by atoms with van der Waals surface area (Å²) in [5.41, 5.74) is 2.08. The smallest absolute Gasteiger partial charge is 0.335 e. The van der Waals surface area contributed by atoms with E-state index < -0.39 is 16.0 Å². The molecule has 3 N–H and O–H groups in total. The molecule has 0 bridgehead atoms. The number of carbonyl (C=O) groups is 1. The Bertz CT molecular complexity index is 764. The molecule has 0 fully saturated rings. The van der Waals surface area contributed by atoms with Gasteiger partial charge in [0.05, 0.1) is 10.5 Å². The van der Waals surface area contributed by atoms with E-state index in [0.29, 0.717) is 11.1 Å². The van der Waals surface area contributed by atoms with E-state index in [0.717, 1.165) is 5.56 Å². The number of rotatable bonds is 3. The summed E-state index contributed by atoms with van der Waals surface area (Å²) in [7, 11) is -3.84. The molecule has 0 atom stereocenters. The van der Waals surface area contributed by atoms with Crippen molar-refractivity contribution in [1.82, 2.24) is 0 Å². The van der Waals surface area contributed by atoms with Gasteiger partial charge in [0.1, 0.15) is 0 Å². The molecule has 2 rings (SSSR count). The predicted molar refractivity (Wildman–Crippen MR) is 74.9 cm³/mol. The minimum atomic E-state index is -3.84. The van der Waals surface area contributed by atoms with Gasteiger partial charge in [-0.1, -0.05) is 29.8 Å². The van der Waals surface area contributed by atoms with Gasteiger partial charge in [0, 0.05) is 5.56 Å². The van der Waals surface area contributed by atoms with Crippen LogP contribution in [0.5, 0.6) is 0 Å². The molecule has 0 saturated heterocycles. The van der Waals surface area contributed by atoms with Gasteiger partial charge in [-0.05, 0) is 30.7 Å². The van der Waals surface area contributed by atoms with E-state index in [2.05, 4.69) is 0 Å². The average Bonchev–Trinajstić information content (AvgIpc) is 2.37. The van der Waals surface area contributed by atoms with Gasteiger partial charge in [0.25, 0.3) is 0 Å². The molecule has 6 heteroatoms. The molecule has 0 unspecified atom stereocenters. The summed E-state index contributed by atoms with van der Waals surface area (Å²) in [6, 6.07) is 10.8. The summed E-state index contributed by atoms with van der Waals surface area (Å²) in [5.74, 6) is -1.03. The molecule has 5 nitrogen and oxygen atoms in total. The number of sulfonamides is 1. The Labute approximate surface area is 116 Å². The molecule has 0 amide bonds. The predicted octanol–water partition coefficient (Wildman–Crippen LogP) is 2.01. The molecule has 104 valence electrons. The monoisotopic (exact) mass is 291 g/mol. The van der Waals surface area contributed by atoms with Crippen molar-refractivity contribution < 1.29 is 18.3 Å². The molecular weight excluding hydrogens is 278 g/mol. The third-order valence-electron chi connectivity index (χ3n) is 2.88. The fraction of sp³-hybridized carbons (Fsp3) is 0.0714. The number of hydrogen-bond acceptors (Lipinski definition) is 3. The first kappa shape index (κ1) is 14.2. The summed E-state index contributed by atoms with van der Waals surface area (Å²) in [6.45, 7) is 1.84. The van der Waals surface area contributed by atoms with E-state index in [4.69, 9.17) is 10.2 Å². The number of aryl methyl sites for hydroxylation is 1. The minimum Gasteiger partial charge on any atom is -0.478 e. The summed E-state index contributed by atoms with van der Waals surface area (Å²) in [6.07, 6.45) is 0. The molecule has 0 aliphatic heterocycles. The second kappa shape index (κ2) is 5.07. The number of aromatic carboxylic acids is 1. The van der Waals surface area contributed by atoms with Crippen molar-refractivity contribution in [2.45, 2.75) is 11.8 Å². The Kier molecular flexibility index (Phi) is 3.61. The van der Waals surface area contributed by atoms with Crippen molar-refractivity contribution in [3.05, 3.63) is 53.6 Å². The third kappa shape index (κ3) is 2.87. The van der Waals surface area contributed by atoms with E-state index in [1.165, 1.54) is 18.2 Å². The van der Waals surface area contributed by atoms with E-state index in [-0.39, 0.29) is 10.5 Å². The van der Waals surface area contributed by atoms with Crippen LogP contribution >= 0.6 is 0 Å². The zero-order valence-corrected chi connectivity index (χ0v) is 11.5. The van der Waals surface area contributed by atoms with Crippen LogP contribution in [0.25, 0.3) is 11.1 Å². The number of nitrogens with two attached hydrogens (primary N) is 1. The molecule has 0 heterocycles. The van der Waals surface area contributed by atoms with Crippen LogP contribution in [0.2, 0.25) is 0 Å². The maximum atomic E-state index is 11.6. The highest BCUT2D eigenvalue weighted by atomic mass is 32.2. The van der Waals surface area contributed by atoms with Crippen molar-refractivity contribution in [3.63, 3.8) is 0 Å². The lowest BCUT2D eigenvalue weighted by atomic mass is 10.0. The van der Waals surface area contributed by atoms with Crippen LogP contribution in [0, 0.1) is 6.92 Å². The Morgan fingerprint density at radius 3 is 2.20 bits per heavy atom. The second-order valence-corrected chi connectivity index (χ2v) is 5.96. The van der Waals surface area contributed by atoms with E-state index >= 15 is 0 Å². The maximum Gasteiger partial charge on any atom is 0.335 e. The van der Waals surface area contributed by atoms with Gasteiger partial charge in [0.15, 0.2) is 0 Å². The summed E-state index contributed by atoms with van der Waals surface area (Å²) in [4.78, 5) is 10.8. The highest BCUT2D eigenvalue weighted by molar-refractivity contribution is 7.89. The van der Waals surface area contributed by atoms with Crippen LogP contribution in [0.3, 0.4) is 0 Å². The zero-order chi connectivity index (χ0) is 14.9. The number of carboxylic acid groups (broad SMARTS) is 1. The Balaban J connectivity index is 2.62. The molecule has 0 aromatic heterocycles. The molecule has 20 heavy (non-hydrogen) atoms. The standard InChI is InChI=1S/C14H13NO4S/c1-9-2-7-13(20(15,18)19)12(8-9)10-3-5-11(6-4-10)14(16)17/h2-8H,1H3,(H,16,17)(H2,15,18,19). The number of carboxylic acids is 1. The van der Waals surface area contributed by atoms with Gasteiger partial charge in [-0.3, -0.25) is 0 Å². The van der Waals surface area contributed by atoms with Gasteiger partial charge in [-0.2, -0.15) is 0 Å². The number of hydrogen-bond donors (Lipinski definition) is 2. The Morgan fingerprint density at radius 2 is 1.70 bits per heavy atom. The Morgan fingerprint density at radius 1 is 1.10 bits per heavy atom. The van der Waals surface area contributed by atoms with Crippen LogP contribution in [0.15, 0.2) is 47.4 Å². The first-order chi connectivity index (χ1) is 9.29. The van der Waals surface area contributed by atoms with Crippen LogP contribution in [-0.2, 0) is 10.0 Å². The van der Waals surface area contributed by atoms with Crippen LogP contribution in [0.1, 0.15) is 15.9 Å². The van der Waals surface area contributed by atoms with Gasteiger partial charge < -0.3 is 5.11 Å². The first-order valence-electron chi connectivity index (χ1n) is 5.76. The van der Waals surface area contributed by atoms with Crippen molar-refractivity contribution in [3.8, 4) is 11.1 Å². The van der Waals surface area contributed by atoms with Gasteiger partial charge in [0.2, 0.25) is 10.0 Å². The largest absolute Gasteiger partial charge is 0.478 e. The molecule has 0 spiro atoms. The second-order valence-electron chi connectivity index (χ2n) is 4.43. The first-order valence-corrected chi connectivity index (χ1v) is 7.31. The highest BCUT2D eigenvalue weighted by Crippen LogP contribution is 2.28. The van der Waals surface area contributed by atoms with Crippen LogP contribution in [-0.4, -0.2) is 19.5 Å². The number of benzene rings is 2.